The SMILES string of the molecule is Cc1ccccc1C[C@@]1(CO)CN(Cc2cccc(C(=O)O)c2)CCO1. The number of carbonyl (C=O) groups is 1. The Bertz CT molecular complexity index is 776. The Morgan fingerprint density at radius 2 is 2.04 bits per heavy atom. The zero-order valence-electron chi connectivity index (χ0n) is 15.0. The lowest BCUT2D eigenvalue weighted by Crippen LogP contribution is -2.55. The zero-order chi connectivity index (χ0) is 18.6. The van der Waals surface area contributed by atoms with Gasteiger partial charge in [-0.1, -0.05) is 36.4 Å². The summed E-state index contributed by atoms with van der Waals surface area (Å²) in [6.07, 6.45) is 0.655. The molecule has 2 aromatic carbocycles. The molecule has 0 unspecified atom stereocenters. The molecular formula is C21H25NO4. The largest absolute Gasteiger partial charge is 0.478 e. The summed E-state index contributed by atoms with van der Waals surface area (Å²) in [5.74, 6) is -0.918. The number of aliphatic hydroxyl groups excluding tert-OH is 1. The Labute approximate surface area is 153 Å². The third kappa shape index (κ3) is 4.30. The average Bonchev–Trinajstić information content (AvgIpc) is 2.64. The summed E-state index contributed by atoms with van der Waals surface area (Å²) in [5.41, 5.74) is 2.99. The van der Waals surface area contributed by atoms with Crippen molar-refractivity contribution in [3.8, 4) is 0 Å². The van der Waals surface area contributed by atoms with Crippen molar-refractivity contribution in [3.05, 3.63) is 70.8 Å². The van der Waals surface area contributed by atoms with Gasteiger partial charge < -0.3 is 14.9 Å². The Kier molecular flexibility index (Phi) is 5.71. The van der Waals surface area contributed by atoms with Crippen LogP contribution in [0.15, 0.2) is 48.5 Å². The van der Waals surface area contributed by atoms with Crippen molar-refractivity contribution in [1.82, 2.24) is 4.90 Å². The molecule has 138 valence electrons. The van der Waals surface area contributed by atoms with Gasteiger partial charge in [-0.3, -0.25) is 4.90 Å². The number of carboxylic acid groups (broad SMARTS) is 1. The number of nitrogens with zero attached hydrogens (tertiary/aromatic N) is 1. The fourth-order valence-electron chi connectivity index (χ4n) is 3.53. The topological polar surface area (TPSA) is 70.0 Å². The second kappa shape index (κ2) is 7.99. The molecule has 1 aliphatic heterocycles. The van der Waals surface area contributed by atoms with E-state index < -0.39 is 11.6 Å². The summed E-state index contributed by atoms with van der Waals surface area (Å²) >= 11 is 0. The van der Waals surface area contributed by atoms with E-state index in [1.165, 1.54) is 11.1 Å². The van der Waals surface area contributed by atoms with Crippen molar-refractivity contribution >= 4 is 5.97 Å². The van der Waals surface area contributed by atoms with Crippen LogP contribution in [-0.2, 0) is 17.7 Å². The van der Waals surface area contributed by atoms with Gasteiger partial charge in [0.15, 0.2) is 0 Å². The maximum atomic E-state index is 11.2. The van der Waals surface area contributed by atoms with E-state index in [9.17, 15) is 9.90 Å². The Balaban J connectivity index is 1.74. The van der Waals surface area contributed by atoms with E-state index in [0.717, 1.165) is 12.1 Å². The van der Waals surface area contributed by atoms with Crippen LogP contribution >= 0.6 is 0 Å². The molecule has 3 rings (SSSR count). The van der Waals surface area contributed by atoms with Crippen LogP contribution in [0.3, 0.4) is 0 Å². The van der Waals surface area contributed by atoms with E-state index in [0.29, 0.717) is 31.7 Å². The monoisotopic (exact) mass is 355 g/mol. The smallest absolute Gasteiger partial charge is 0.335 e. The quantitative estimate of drug-likeness (QED) is 0.833. The Morgan fingerprint density at radius 1 is 1.23 bits per heavy atom. The zero-order valence-corrected chi connectivity index (χ0v) is 15.0. The number of benzene rings is 2. The summed E-state index contributed by atoms with van der Waals surface area (Å²) in [6.45, 7) is 4.57. The lowest BCUT2D eigenvalue weighted by atomic mass is 9.90. The molecule has 1 atom stereocenters. The predicted octanol–water partition coefficient (Wildman–Crippen LogP) is 2.50. The first-order valence-electron chi connectivity index (χ1n) is 8.85. The highest BCUT2D eigenvalue weighted by Gasteiger charge is 2.36. The number of aromatic carboxylic acids is 1. The summed E-state index contributed by atoms with van der Waals surface area (Å²) in [7, 11) is 0. The van der Waals surface area contributed by atoms with Gasteiger partial charge in [-0.15, -0.1) is 0 Å². The molecule has 0 bridgehead atoms. The molecule has 26 heavy (non-hydrogen) atoms. The van der Waals surface area contributed by atoms with Gasteiger partial charge in [0.25, 0.3) is 0 Å². The molecule has 2 aromatic rings. The Hall–Kier alpha value is -2.21. The molecule has 5 nitrogen and oxygen atoms in total. The van der Waals surface area contributed by atoms with Gasteiger partial charge in [0.05, 0.1) is 18.8 Å². The molecule has 5 heteroatoms. The molecule has 1 heterocycles. The molecular weight excluding hydrogens is 330 g/mol. The van der Waals surface area contributed by atoms with Crippen molar-refractivity contribution < 1.29 is 19.7 Å². The molecule has 2 N–H and O–H groups in total. The van der Waals surface area contributed by atoms with Crippen molar-refractivity contribution in [3.63, 3.8) is 0 Å². The lowest BCUT2D eigenvalue weighted by molar-refractivity contribution is -0.134. The molecule has 1 fully saturated rings. The molecule has 0 amide bonds. The second-order valence-corrected chi connectivity index (χ2v) is 7.01. The maximum Gasteiger partial charge on any atom is 0.335 e. The maximum absolute atomic E-state index is 11.2. The lowest BCUT2D eigenvalue weighted by Gasteiger charge is -2.42. The average molecular weight is 355 g/mol. The molecule has 0 aliphatic carbocycles. The van der Waals surface area contributed by atoms with E-state index in [-0.39, 0.29) is 6.61 Å². The van der Waals surface area contributed by atoms with Gasteiger partial charge >= 0.3 is 5.97 Å². The van der Waals surface area contributed by atoms with Crippen LogP contribution in [0.1, 0.15) is 27.0 Å². The number of hydrogen-bond donors (Lipinski definition) is 2. The van der Waals surface area contributed by atoms with Gasteiger partial charge in [-0.2, -0.15) is 0 Å². The van der Waals surface area contributed by atoms with E-state index in [4.69, 9.17) is 9.84 Å². The highest BCUT2D eigenvalue weighted by molar-refractivity contribution is 5.87. The minimum Gasteiger partial charge on any atom is -0.478 e. The first-order valence-corrected chi connectivity index (χ1v) is 8.85. The van der Waals surface area contributed by atoms with Gasteiger partial charge in [0, 0.05) is 26.1 Å². The standard InChI is InChI=1S/C21H25NO4/c1-16-5-2-3-7-19(16)12-21(15-23)14-22(9-10-26-21)13-17-6-4-8-18(11-17)20(24)25/h2-8,11,23H,9-10,12-15H2,1H3,(H,24,25)/t21-/m0/s1. The van der Waals surface area contributed by atoms with Crippen molar-refractivity contribution in [2.24, 2.45) is 0 Å². The molecule has 1 saturated heterocycles. The summed E-state index contributed by atoms with van der Waals surface area (Å²) < 4.78 is 6.02. The number of aryl methyl sites for hydroxylation is 1. The Morgan fingerprint density at radius 3 is 2.77 bits per heavy atom. The van der Waals surface area contributed by atoms with Crippen LogP contribution in [0.5, 0.6) is 0 Å². The molecule has 1 aliphatic rings. The first-order chi connectivity index (χ1) is 12.5. The highest BCUT2D eigenvalue weighted by Crippen LogP contribution is 2.25. The number of hydrogen-bond acceptors (Lipinski definition) is 4. The minimum atomic E-state index is -0.918. The molecule has 0 saturated carbocycles. The second-order valence-electron chi connectivity index (χ2n) is 7.01. The van der Waals surface area contributed by atoms with Crippen LogP contribution in [0.25, 0.3) is 0 Å². The third-order valence-electron chi connectivity index (χ3n) is 4.97. The normalized spacial score (nSPS) is 20.8. The van der Waals surface area contributed by atoms with Crippen LogP contribution in [0.4, 0.5) is 0 Å². The summed E-state index contributed by atoms with van der Waals surface area (Å²) in [5, 5.41) is 19.2. The number of morpholine rings is 1. The van der Waals surface area contributed by atoms with Gasteiger partial charge in [-0.05, 0) is 35.7 Å². The van der Waals surface area contributed by atoms with E-state index >= 15 is 0 Å². The minimum absolute atomic E-state index is 0.0486. The van der Waals surface area contributed by atoms with Crippen LogP contribution in [0, 0.1) is 6.92 Å². The highest BCUT2D eigenvalue weighted by atomic mass is 16.5. The predicted molar refractivity (Wildman–Crippen MR) is 99.3 cm³/mol. The number of rotatable bonds is 6. The van der Waals surface area contributed by atoms with Crippen LogP contribution < -0.4 is 0 Å². The van der Waals surface area contributed by atoms with Gasteiger partial charge in [0.1, 0.15) is 5.60 Å². The number of carboxylic acids is 1. The van der Waals surface area contributed by atoms with Crippen LogP contribution in [0.2, 0.25) is 0 Å². The first kappa shape index (κ1) is 18.6. The van der Waals surface area contributed by atoms with Gasteiger partial charge in [0.2, 0.25) is 0 Å². The van der Waals surface area contributed by atoms with Gasteiger partial charge in [-0.25, -0.2) is 4.79 Å². The number of ether oxygens (including phenoxy) is 1. The fourth-order valence-corrected chi connectivity index (χ4v) is 3.53. The molecule has 0 spiro atoms. The fraction of sp³-hybridized carbons (Fsp3) is 0.381. The number of aliphatic hydroxyl groups is 1. The van der Waals surface area contributed by atoms with Crippen molar-refractivity contribution in [2.45, 2.75) is 25.5 Å². The van der Waals surface area contributed by atoms with Crippen molar-refractivity contribution in [2.75, 3.05) is 26.3 Å². The summed E-state index contributed by atoms with van der Waals surface area (Å²) in [6, 6.07) is 15.2. The van der Waals surface area contributed by atoms with E-state index in [2.05, 4.69) is 24.0 Å². The third-order valence-corrected chi connectivity index (χ3v) is 4.97. The summed E-state index contributed by atoms with van der Waals surface area (Å²) in [4.78, 5) is 13.4. The van der Waals surface area contributed by atoms with E-state index in [1.807, 2.05) is 18.2 Å². The van der Waals surface area contributed by atoms with Crippen LogP contribution in [-0.4, -0.2) is 53.0 Å². The molecule has 0 aromatic heterocycles. The van der Waals surface area contributed by atoms with Crippen molar-refractivity contribution in [1.29, 1.82) is 0 Å². The molecule has 0 radical (unpaired) electrons. The van der Waals surface area contributed by atoms with E-state index in [1.54, 1.807) is 18.2 Å².